The largest absolute Gasteiger partial charge is 0.324 e. The highest BCUT2D eigenvalue weighted by Crippen LogP contribution is 2.29. The molecule has 1 atom stereocenters. The summed E-state index contributed by atoms with van der Waals surface area (Å²) < 4.78 is 2.54. The third-order valence-corrected chi connectivity index (χ3v) is 7.73. The van der Waals surface area contributed by atoms with E-state index in [-0.39, 0.29) is 11.5 Å². The lowest BCUT2D eigenvalue weighted by atomic mass is 10.0. The summed E-state index contributed by atoms with van der Waals surface area (Å²) in [5, 5.41) is 2.41. The predicted molar refractivity (Wildman–Crippen MR) is 164 cm³/mol. The molecule has 1 amide bonds. The van der Waals surface area contributed by atoms with Gasteiger partial charge >= 0.3 is 0 Å². The number of benzene rings is 5. The van der Waals surface area contributed by atoms with E-state index in [1.54, 1.807) is 10.6 Å². The Morgan fingerprint density at radius 2 is 1.45 bits per heavy atom. The Morgan fingerprint density at radius 3 is 2.23 bits per heavy atom. The van der Waals surface area contributed by atoms with E-state index in [9.17, 15) is 9.59 Å². The maximum absolute atomic E-state index is 14.4. The van der Waals surface area contributed by atoms with Gasteiger partial charge in [0.15, 0.2) is 0 Å². The van der Waals surface area contributed by atoms with E-state index in [1.807, 2.05) is 127 Å². The summed E-state index contributed by atoms with van der Waals surface area (Å²) in [6, 6.07) is 37.9. The molecule has 1 heterocycles. The molecule has 0 saturated heterocycles. The predicted octanol–water partition coefficient (Wildman–Crippen LogP) is 7.71. The van der Waals surface area contributed by atoms with Crippen LogP contribution in [0.25, 0.3) is 27.4 Å². The molecule has 1 aromatic heterocycles. The van der Waals surface area contributed by atoms with Crippen LogP contribution in [0.15, 0.2) is 131 Å². The van der Waals surface area contributed by atoms with Crippen LogP contribution in [-0.4, -0.2) is 20.4 Å². The molecule has 0 aliphatic rings. The zero-order valence-electron chi connectivity index (χ0n) is 21.9. The second-order valence-corrected chi connectivity index (χ2v) is 10.6. The molecule has 6 aromatic rings. The number of carbonyl (C=O) groups is 1. The molecule has 196 valence electrons. The SMILES string of the molecule is CC(c1nc2ccccc2c(=O)n1-c1ccc(Br)cc1)N(Cc1ccccc1)C(=O)c1cccc2ccccc12. The van der Waals surface area contributed by atoms with Crippen molar-refractivity contribution in [3.63, 3.8) is 0 Å². The first-order valence-corrected chi connectivity index (χ1v) is 13.9. The summed E-state index contributed by atoms with van der Waals surface area (Å²) in [4.78, 5) is 35.2. The summed E-state index contributed by atoms with van der Waals surface area (Å²) in [5.74, 6) is 0.369. The van der Waals surface area contributed by atoms with Crippen molar-refractivity contribution in [1.29, 1.82) is 0 Å². The molecule has 0 radical (unpaired) electrons. The van der Waals surface area contributed by atoms with Crippen molar-refractivity contribution in [3.8, 4) is 5.69 Å². The molecule has 5 aromatic carbocycles. The average Bonchev–Trinajstić information content (AvgIpc) is 3.00. The van der Waals surface area contributed by atoms with Crippen LogP contribution in [0.3, 0.4) is 0 Å². The second kappa shape index (κ2) is 10.9. The number of halogens is 1. The first-order valence-electron chi connectivity index (χ1n) is 13.1. The smallest absolute Gasteiger partial charge is 0.266 e. The minimum Gasteiger partial charge on any atom is -0.324 e. The monoisotopic (exact) mass is 587 g/mol. The van der Waals surface area contributed by atoms with Crippen LogP contribution in [0, 0.1) is 0 Å². The lowest BCUT2D eigenvalue weighted by Crippen LogP contribution is -2.37. The number of hydrogen-bond donors (Lipinski definition) is 0. The zero-order valence-corrected chi connectivity index (χ0v) is 23.5. The van der Waals surface area contributed by atoms with Gasteiger partial charge in [0.25, 0.3) is 11.5 Å². The summed E-state index contributed by atoms with van der Waals surface area (Å²) in [6.07, 6.45) is 0. The average molecular weight is 589 g/mol. The van der Waals surface area contributed by atoms with Crippen molar-refractivity contribution in [2.45, 2.75) is 19.5 Å². The molecule has 6 rings (SSSR count). The van der Waals surface area contributed by atoms with Gasteiger partial charge in [-0.3, -0.25) is 14.2 Å². The molecule has 40 heavy (non-hydrogen) atoms. The molecule has 6 heteroatoms. The van der Waals surface area contributed by atoms with Crippen LogP contribution in [0.2, 0.25) is 0 Å². The maximum Gasteiger partial charge on any atom is 0.266 e. The summed E-state index contributed by atoms with van der Waals surface area (Å²) in [5.41, 5.74) is 2.71. The van der Waals surface area contributed by atoms with Crippen LogP contribution in [-0.2, 0) is 6.54 Å². The van der Waals surface area contributed by atoms with Crippen molar-refractivity contribution in [2.24, 2.45) is 0 Å². The van der Waals surface area contributed by atoms with Crippen LogP contribution < -0.4 is 5.56 Å². The molecule has 0 aliphatic heterocycles. The number of amides is 1. The Kier molecular flexibility index (Phi) is 7.01. The number of aromatic nitrogens is 2. The molecule has 0 saturated carbocycles. The topological polar surface area (TPSA) is 55.2 Å². The molecular formula is C34H26BrN3O2. The minimum atomic E-state index is -0.535. The Morgan fingerprint density at radius 1 is 0.800 bits per heavy atom. The third-order valence-electron chi connectivity index (χ3n) is 7.20. The standard InChI is InChI=1S/C34H26BrN3O2/c1-23(32-36-31-17-8-7-15-30(31)34(40)38(32)27-20-18-26(35)19-21-27)37(22-24-10-3-2-4-11-24)33(39)29-16-9-13-25-12-5-6-14-28(25)29/h2-21,23H,22H2,1H3. The van der Waals surface area contributed by atoms with E-state index in [4.69, 9.17) is 4.98 Å². The number of nitrogens with zero attached hydrogens (tertiary/aromatic N) is 3. The fourth-order valence-electron chi connectivity index (χ4n) is 5.14. The Hall–Kier alpha value is -4.55. The summed E-state index contributed by atoms with van der Waals surface area (Å²) in [6.45, 7) is 2.30. The van der Waals surface area contributed by atoms with Crippen LogP contribution in [0.1, 0.15) is 34.7 Å². The van der Waals surface area contributed by atoms with Crippen molar-refractivity contribution < 1.29 is 4.79 Å². The van der Waals surface area contributed by atoms with Crippen LogP contribution in [0.5, 0.6) is 0 Å². The summed E-state index contributed by atoms with van der Waals surface area (Å²) in [7, 11) is 0. The lowest BCUT2D eigenvalue weighted by molar-refractivity contribution is 0.0666. The van der Waals surface area contributed by atoms with Gasteiger partial charge in [0, 0.05) is 16.6 Å². The van der Waals surface area contributed by atoms with Crippen molar-refractivity contribution in [2.75, 3.05) is 0 Å². The Labute approximate surface area is 240 Å². The number of fused-ring (bicyclic) bond motifs is 2. The van der Waals surface area contributed by atoms with Crippen LogP contribution in [0.4, 0.5) is 0 Å². The molecule has 5 nitrogen and oxygen atoms in total. The molecule has 0 fully saturated rings. The van der Waals surface area contributed by atoms with Gasteiger partial charge in [0.05, 0.1) is 22.6 Å². The van der Waals surface area contributed by atoms with Gasteiger partial charge in [-0.2, -0.15) is 0 Å². The van der Waals surface area contributed by atoms with Gasteiger partial charge in [0.1, 0.15) is 5.82 Å². The molecule has 1 unspecified atom stereocenters. The lowest BCUT2D eigenvalue weighted by Gasteiger charge is -2.31. The quantitative estimate of drug-likeness (QED) is 0.200. The highest BCUT2D eigenvalue weighted by Gasteiger charge is 2.28. The second-order valence-electron chi connectivity index (χ2n) is 9.73. The number of rotatable bonds is 6. The molecular weight excluding hydrogens is 562 g/mol. The van der Waals surface area contributed by atoms with E-state index in [1.165, 1.54) is 0 Å². The fraction of sp³-hybridized carbons (Fsp3) is 0.0882. The van der Waals surface area contributed by atoms with Gasteiger partial charge in [-0.1, -0.05) is 94.8 Å². The molecule has 0 bridgehead atoms. The van der Waals surface area contributed by atoms with E-state index < -0.39 is 6.04 Å². The van der Waals surface area contributed by atoms with Crippen LogP contribution >= 0.6 is 15.9 Å². The van der Waals surface area contributed by atoms with Crippen molar-refractivity contribution in [1.82, 2.24) is 14.5 Å². The number of hydrogen-bond acceptors (Lipinski definition) is 3. The van der Waals surface area contributed by atoms with E-state index >= 15 is 0 Å². The van der Waals surface area contributed by atoms with E-state index in [0.29, 0.717) is 34.5 Å². The van der Waals surface area contributed by atoms with E-state index in [0.717, 1.165) is 20.8 Å². The van der Waals surface area contributed by atoms with Gasteiger partial charge in [-0.05, 0) is 65.7 Å². The van der Waals surface area contributed by atoms with Gasteiger partial charge in [-0.25, -0.2) is 4.98 Å². The first kappa shape index (κ1) is 25.7. The van der Waals surface area contributed by atoms with Crippen molar-refractivity contribution >= 4 is 43.5 Å². The highest BCUT2D eigenvalue weighted by atomic mass is 79.9. The first-order chi connectivity index (χ1) is 19.5. The molecule has 0 spiro atoms. The Balaban J connectivity index is 1.56. The zero-order chi connectivity index (χ0) is 27.6. The van der Waals surface area contributed by atoms with Gasteiger partial charge in [-0.15, -0.1) is 0 Å². The van der Waals surface area contributed by atoms with Gasteiger partial charge in [0.2, 0.25) is 0 Å². The normalized spacial score (nSPS) is 11.9. The summed E-state index contributed by atoms with van der Waals surface area (Å²) >= 11 is 3.49. The van der Waals surface area contributed by atoms with E-state index in [2.05, 4.69) is 15.9 Å². The van der Waals surface area contributed by atoms with Gasteiger partial charge < -0.3 is 4.90 Å². The maximum atomic E-state index is 14.4. The fourth-order valence-corrected chi connectivity index (χ4v) is 5.40. The molecule has 0 aliphatic carbocycles. The molecule has 0 N–H and O–H groups in total. The Bertz CT molecular complexity index is 1890. The van der Waals surface area contributed by atoms with Crippen molar-refractivity contribution in [3.05, 3.63) is 153 Å². The third kappa shape index (κ3) is 4.82. The number of carbonyl (C=O) groups excluding carboxylic acids is 1. The number of para-hydroxylation sites is 1. The highest BCUT2D eigenvalue weighted by molar-refractivity contribution is 9.10. The minimum absolute atomic E-state index is 0.127.